The summed E-state index contributed by atoms with van der Waals surface area (Å²) in [6, 6.07) is 11.6. The van der Waals surface area contributed by atoms with Gasteiger partial charge >= 0.3 is 0 Å². The highest BCUT2D eigenvalue weighted by molar-refractivity contribution is 7.92. The van der Waals surface area contributed by atoms with Gasteiger partial charge in [0.2, 0.25) is 5.95 Å². The molecule has 28 heavy (non-hydrogen) atoms. The minimum atomic E-state index is -3.83. The number of nitrogens with zero attached hydrogens (tertiary/aromatic N) is 4. The van der Waals surface area contributed by atoms with E-state index in [-0.39, 0.29) is 10.8 Å². The maximum absolute atomic E-state index is 12.6. The molecule has 0 spiro atoms. The van der Waals surface area contributed by atoms with Crippen molar-refractivity contribution >= 4 is 32.7 Å². The van der Waals surface area contributed by atoms with E-state index in [0.717, 1.165) is 22.2 Å². The lowest BCUT2D eigenvalue weighted by molar-refractivity contribution is 0.601. The summed E-state index contributed by atoms with van der Waals surface area (Å²) in [6.45, 7) is 4.06. The maximum Gasteiger partial charge on any atom is 0.264 e. The van der Waals surface area contributed by atoms with Gasteiger partial charge in [0.05, 0.1) is 15.9 Å². The number of nitrogen functional groups attached to an aromatic ring is 1. The molecular formula is C19H18N6O2S. The number of sulfonamides is 1. The van der Waals surface area contributed by atoms with E-state index >= 15 is 0 Å². The second kappa shape index (κ2) is 6.61. The number of benzene rings is 2. The Kier molecular flexibility index (Phi) is 4.23. The van der Waals surface area contributed by atoms with Crippen molar-refractivity contribution in [2.75, 3.05) is 10.5 Å². The van der Waals surface area contributed by atoms with Crippen LogP contribution in [0.2, 0.25) is 0 Å². The van der Waals surface area contributed by atoms with Crippen molar-refractivity contribution in [2.45, 2.75) is 18.7 Å². The van der Waals surface area contributed by atoms with E-state index in [1.54, 1.807) is 17.0 Å². The molecule has 0 aliphatic heterocycles. The summed E-state index contributed by atoms with van der Waals surface area (Å²) in [5.74, 6) is 0.482. The maximum atomic E-state index is 12.6. The van der Waals surface area contributed by atoms with Gasteiger partial charge in [-0.25, -0.2) is 23.1 Å². The SMILES string of the molecule is Cc1cc2ncn(-c3ccnc(NS(=O)(=O)c4ccc(N)cc4)n3)c2cc1C. The monoisotopic (exact) mass is 394 g/mol. The molecule has 8 nitrogen and oxygen atoms in total. The first kappa shape index (κ1) is 17.9. The molecule has 4 aromatic rings. The summed E-state index contributed by atoms with van der Waals surface area (Å²) >= 11 is 0. The van der Waals surface area contributed by atoms with Crippen LogP contribution >= 0.6 is 0 Å². The number of anilines is 2. The molecule has 0 saturated carbocycles. The summed E-state index contributed by atoms with van der Waals surface area (Å²) in [5, 5.41) is 0. The van der Waals surface area contributed by atoms with Gasteiger partial charge in [-0.2, -0.15) is 4.98 Å². The third-order valence-corrected chi connectivity index (χ3v) is 5.81. The first-order valence-electron chi connectivity index (χ1n) is 8.49. The second-order valence-corrected chi connectivity index (χ2v) is 8.14. The number of fused-ring (bicyclic) bond motifs is 1. The van der Waals surface area contributed by atoms with Crippen LogP contribution in [0.4, 0.5) is 11.6 Å². The Morgan fingerprint density at radius 3 is 2.46 bits per heavy atom. The van der Waals surface area contributed by atoms with Gasteiger partial charge in [-0.3, -0.25) is 4.57 Å². The van der Waals surface area contributed by atoms with Crippen LogP contribution in [0.1, 0.15) is 11.1 Å². The first-order valence-corrected chi connectivity index (χ1v) is 9.98. The molecule has 9 heteroatoms. The summed E-state index contributed by atoms with van der Waals surface area (Å²) in [6.07, 6.45) is 3.15. The van der Waals surface area contributed by atoms with Gasteiger partial charge in [-0.05, 0) is 67.4 Å². The Bertz CT molecular complexity index is 1280. The Balaban J connectivity index is 1.71. The largest absolute Gasteiger partial charge is 0.399 e. The quantitative estimate of drug-likeness (QED) is 0.514. The normalized spacial score (nSPS) is 11.6. The average molecular weight is 394 g/mol. The summed E-state index contributed by atoms with van der Waals surface area (Å²) in [5.41, 5.74) is 10.1. The second-order valence-electron chi connectivity index (χ2n) is 6.45. The number of aromatic nitrogens is 4. The first-order chi connectivity index (χ1) is 13.3. The van der Waals surface area contributed by atoms with Crippen molar-refractivity contribution in [1.82, 2.24) is 19.5 Å². The van der Waals surface area contributed by atoms with Gasteiger partial charge < -0.3 is 5.73 Å². The zero-order valence-corrected chi connectivity index (χ0v) is 16.1. The summed E-state index contributed by atoms with van der Waals surface area (Å²) < 4.78 is 29.3. The average Bonchev–Trinajstić information content (AvgIpc) is 3.05. The van der Waals surface area contributed by atoms with E-state index in [1.807, 2.05) is 26.0 Å². The van der Waals surface area contributed by atoms with E-state index < -0.39 is 10.0 Å². The van der Waals surface area contributed by atoms with E-state index in [0.29, 0.717) is 11.5 Å². The molecule has 0 saturated heterocycles. The Labute approximate surface area is 162 Å². The molecule has 2 aromatic heterocycles. The molecule has 0 aliphatic rings. The Morgan fingerprint density at radius 2 is 1.71 bits per heavy atom. The van der Waals surface area contributed by atoms with Crippen molar-refractivity contribution in [3.8, 4) is 5.82 Å². The highest BCUT2D eigenvalue weighted by Gasteiger charge is 2.16. The van der Waals surface area contributed by atoms with Crippen molar-refractivity contribution in [2.24, 2.45) is 0 Å². The van der Waals surface area contributed by atoms with Crippen LogP contribution < -0.4 is 10.5 Å². The number of hydrogen-bond acceptors (Lipinski definition) is 6. The van der Waals surface area contributed by atoms with Crippen LogP contribution in [-0.4, -0.2) is 27.9 Å². The molecule has 0 unspecified atom stereocenters. The van der Waals surface area contributed by atoms with Crippen LogP contribution in [0.3, 0.4) is 0 Å². The third kappa shape index (κ3) is 3.27. The summed E-state index contributed by atoms with van der Waals surface area (Å²) in [4.78, 5) is 12.9. The zero-order chi connectivity index (χ0) is 19.9. The predicted octanol–water partition coefficient (Wildman–Crippen LogP) is 2.82. The lowest BCUT2D eigenvalue weighted by Gasteiger charge is -2.09. The van der Waals surface area contributed by atoms with E-state index in [1.165, 1.54) is 30.5 Å². The lowest BCUT2D eigenvalue weighted by Crippen LogP contribution is -2.15. The fourth-order valence-electron chi connectivity index (χ4n) is 2.81. The smallest absolute Gasteiger partial charge is 0.264 e. The van der Waals surface area contributed by atoms with Crippen LogP contribution in [0.25, 0.3) is 16.9 Å². The van der Waals surface area contributed by atoms with Gasteiger partial charge in [0, 0.05) is 11.9 Å². The van der Waals surface area contributed by atoms with E-state index in [2.05, 4.69) is 19.7 Å². The number of imidazole rings is 1. The minimum absolute atomic E-state index is 0.0278. The van der Waals surface area contributed by atoms with Crippen LogP contribution in [0.15, 0.2) is 59.9 Å². The van der Waals surface area contributed by atoms with Crippen LogP contribution in [-0.2, 0) is 10.0 Å². The molecular weight excluding hydrogens is 376 g/mol. The number of nitrogens with one attached hydrogen (secondary N) is 1. The van der Waals surface area contributed by atoms with Gasteiger partial charge in [0.1, 0.15) is 12.1 Å². The molecule has 0 atom stereocenters. The van der Waals surface area contributed by atoms with Crippen molar-refractivity contribution in [3.05, 3.63) is 66.1 Å². The number of rotatable bonds is 4. The lowest BCUT2D eigenvalue weighted by atomic mass is 10.1. The van der Waals surface area contributed by atoms with Crippen LogP contribution in [0.5, 0.6) is 0 Å². The van der Waals surface area contributed by atoms with Crippen molar-refractivity contribution < 1.29 is 8.42 Å². The van der Waals surface area contributed by atoms with Crippen molar-refractivity contribution in [1.29, 1.82) is 0 Å². The predicted molar refractivity (Wildman–Crippen MR) is 108 cm³/mol. The van der Waals surface area contributed by atoms with Gasteiger partial charge in [-0.1, -0.05) is 0 Å². The highest BCUT2D eigenvalue weighted by atomic mass is 32.2. The Morgan fingerprint density at radius 1 is 1.00 bits per heavy atom. The third-order valence-electron chi connectivity index (χ3n) is 4.47. The number of aryl methyl sites for hydroxylation is 2. The fourth-order valence-corrected chi connectivity index (χ4v) is 3.76. The number of nitrogens with two attached hydrogens (primary N) is 1. The fraction of sp³-hybridized carbons (Fsp3) is 0.105. The van der Waals surface area contributed by atoms with Crippen LogP contribution in [0, 0.1) is 13.8 Å². The van der Waals surface area contributed by atoms with Gasteiger partial charge in [0.25, 0.3) is 10.0 Å². The molecule has 3 N–H and O–H groups in total. The van der Waals surface area contributed by atoms with E-state index in [4.69, 9.17) is 5.73 Å². The topological polar surface area (TPSA) is 116 Å². The highest BCUT2D eigenvalue weighted by Crippen LogP contribution is 2.22. The Hall–Kier alpha value is -3.46. The van der Waals surface area contributed by atoms with Gasteiger partial charge in [0.15, 0.2) is 0 Å². The molecule has 2 aromatic carbocycles. The molecule has 0 radical (unpaired) electrons. The molecule has 0 fully saturated rings. The molecule has 2 heterocycles. The molecule has 0 bridgehead atoms. The molecule has 142 valence electrons. The molecule has 4 rings (SSSR count). The molecule has 0 aliphatic carbocycles. The standard InChI is InChI=1S/C19H18N6O2S/c1-12-9-16-17(10-13(12)2)25(11-22-16)18-7-8-21-19(23-18)24-28(26,27)15-5-3-14(20)4-6-15/h3-11H,20H2,1-2H3,(H,21,23,24). The minimum Gasteiger partial charge on any atom is -0.399 e. The van der Waals surface area contributed by atoms with Gasteiger partial charge in [-0.15, -0.1) is 0 Å². The van der Waals surface area contributed by atoms with E-state index in [9.17, 15) is 8.42 Å². The molecule has 0 amide bonds. The number of hydrogen-bond donors (Lipinski definition) is 2. The summed E-state index contributed by atoms with van der Waals surface area (Å²) in [7, 11) is -3.83. The zero-order valence-electron chi connectivity index (χ0n) is 15.3. The van der Waals surface area contributed by atoms with Crippen molar-refractivity contribution in [3.63, 3.8) is 0 Å².